The van der Waals surface area contributed by atoms with Crippen LogP contribution in [0.4, 0.5) is 4.39 Å². The molecule has 7 heteroatoms. The highest BCUT2D eigenvalue weighted by molar-refractivity contribution is 7.89. The molecule has 0 atom stereocenters. The maximum Gasteiger partial charge on any atom is 0.243 e. The second kappa shape index (κ2) is 6.60. The van der Waals surface area contributed by atoms with Crippen LogP contribution in [0.25, 0.3) is 0 Å². The molecule has 0 N–H and O–H groups in total. The first-order valence-corrected chi connectivity index (χ1v) is 8.83. The van der Waals surface area contributed by atoms with Crippen molar-refractivity contribution in [1.82, 2.24) is 9.21 Å². The number of sulfonamides is 1. The Bertz CT molecular complexity index is 601. The molecule has 0 radical (unpaired) electrons. The molecule has 1 aromatic rings. The summed E-state index contributed by atoms with van der Waals surface area (Å²) in [7, 11) is -2.06. The molecule has 0 unspecified atom stereocenters. The second-order valence-corrected chi connectivity index (χ2v) is 7.67. The molecule has 1 aromatic carbocycles. The van der Waals surface area contributed by atoms with E-state index in [1.807, 2.05) is 0 Å². The molecule has 1 fully saturated rings. The fourth-order valence-corrected chi connectivity index (χ4v) is 4.29. The van der Waals surface area contributed by atoms with Crippen LogP contribution >= 0.6 is 11.6 Å². The first-order valence-electron chi connectivity index (χ1n) is 7.01. The lowest BCUT2D eigenvalue weighted by atomic mass is 10.1. The zero-order chi connectivity index (χ0) is 15.6. The first-order chi connectivity index (χ1) is 9.86. The van der Waals surface area contributed by atoms with E-state index < -0.39 is 15.8 Å². The second-order valence-electron chi connectivity index (χ2n) is 5.26. The molecule has 1 heterocycles. The monoisotopic (exact) mass is 334 g/mol. The number of nitrogens with zero attached hydrogens (tertiary/aromatic N) is 2. The Hall–Kier alpha value is -0.690. The molecule has 1 aliphatic heterocycles. The molecule has 0 amide bonds. The van der Waals surface area contributed by atoms with Crippen molar-refractivity contribution >= 4 is 21.6 Å². The van der Waals surface area contributed by atoms with Gasteiger partial charge in [-0.05, 0) is 50.7 Å². The SMILES string of the molecule is CCN1CCC(N(C)S(=O)(=O)c2ccc(F)c(Cl)c2)CC1. The van der Waals surface area contributed by atoms with Gasteiger partial charge in [0.15, 0.2) is 0 Å². The van der Waals surface area contributed by atoms with Gasteiger partial charge in [0.1, 0.15) is 5.82 Å². The topological polar surface area (TPSA) is 40.6 Å². The van der Waals surface area contributed by atoms with E-state index in [0.717, 1.165) is 38.5 Å². The smallest absolute Gasteiger partial charge is 0.243 e. The van der Waals surface area contributed by atoms with Crippen molar-refractivity contribution in [2.24, 2.45) is 0 Å². The van der Waals surface area contributed by atoms with Gasteiger partial charge in [-0.3, -0.25) is 0 Å². The Kier molecular flexibility index (Phi) is 5.24. The van der Waals surface area contributed by atoms with E-state index in [1.165, 1.54) is 16.4 Å². The van der Waals surface area contributed by atoms with Gasteiger partial charge in [-0.25, -0.2) is 12.8 Å². The summed E-state index contributed by atoms with van der Waals surface area (Å²) in [5.74, 6) is -0.616. The summed E-state index contributed by atoms with van der Waals surface area (Å²) in [5, 5.41) is -0.176. The fraction of sp³-hybridized carbons (Fsp3) is 0.571. The summed E-state index contributed by atoms with van der Waals surface area (Å²) in [4.78, 5) is 2.33. The maximum absolute atomic E-state index is 13.2. The van der Waals surface area contributed by atoms with E-state index in [9.17, 15) is 12.8 Å². The number of rotatable bonds is 4. The molecule has 0 aromatic heterocycles. The van der Waals surface area contributed by atoms with Gasteiger partial charge in [0.2, 0.25) is 10.0 Å². The Labute approximate surface area is 130 Å². The molecule has 21 heavy (non-hydrogen) atoms. The zero-order valence-electron chi connectivity index (χ0n) is 12.2. The van der Waals surface area contributed by atoms with Gasteiger partial charge < -0.3 is 4.90 Å². The first kappa shape index (κ1) is 16.7. The molecule has 1 saturated heterocycles. The van der Waals surface area contributed by atoms with Crippen molar-refractivity contribution < 1.29 is 12.8 Å². The molecule has 4 nitrogen and oxygen atoms in total. The average molecular weight is 335 g/mol. The highest BCUT2D eigenvalue weighted by atomic mass is 35.5. The summed E-state index contributed by atoms with van der Waals surface area (Å²) >= 11 is 5.68. The summed E-state index contributed by atoms with van der Waals surface area (Å²) < 4.78 is 39.7. The van der Waals surface area contributed by atoms with Crippen LogP contribution in [0, 0.1) is 5.82 Å². The van der Waals surface area contributed by atoms with Crippen LogP contribution in [0.2, 0.25) is 5.02 Å². The normalized spacial score (nSPS) is 18.3. The Morgan fingerprint density at radius 2 is 2.00 bits per heavy atom. The number of benzene rings is 1. The summed E-state index contributed by atoms with van der Waals surface area (Å²) in [6.45, 7) is 4.87. The maximum atomic E-state index is 13.2. The van der Waals surface area contributed by atoms with Crippen molar-refractivity contribution in [3.05, 3.63) is 29.0 Å². The minimum Gasteiger partial charge on any atom is -0.303 e. The van der Waals surface area contributed by atoms with E-state index in [0.29, 0.717) is 0 Å². The third-order valence-corrected chi connectivity index (χ3v) is 6.28. The molecule has 1 aliphatic rings. The van der Waals surface area contributed by atoms with Gasteiger partial charge in [0.25, 0.3) is 0 Å². The third kappa shape index (κ3) is 3.56. The number of piperidine rings is 1. The minimum atomic E-state index is -3.64. The van der Waals surface area contributed by atoms with Gasteiger partial charge in [0, 0.05) is 13.1 Å². The molecule has 0 spiro atoms. The van der Waals surface area contributed by atoms with E-state index in [2.05, 4.69) is 11.8 Å². The number of hydrogen-bond donors (Lipinski definition) is 0. The van der Waals surface area contributed by atoms with Gasteiger partial charge in [-0.1, -0.05) is 18.5 Å². The zero-order valence-corrected chi connectivity index (χ0v) is 13.8. The van der Waals surface area contributed by atoms with Crippen molar-refractivity contribution in [3.8, 4) is 0 Å². The van der Waals surface area contributed by atoms with Crippen LogP contribution in [-0.2, 0) is 10.0 Å². The van der Waals surface area contributed by atoms with Crippen LogP contribution in [0.3, 0.4) is 0 Å². The molecule has 0 bridgehead atoms. The molecule has 0 aliphatic carbocycles. The van der Waals surface area contributed by atoms with Gasteiger partial charge in [-0.15, -0.1) is 0 Å². The predicted octanol–water partition coefficient (Wildman–Crippen LogP) is 2.58. The van der Waals surface area contributed by atoms with Gasteiger partial charge >= 0.3 is 0 Å². The largest absolute Gasteiger partial charge is 0.303 e. The highest BCUT2D eigenvalue weighted by Crippen LogP contribution is 2.25. The molecule has 118 valence electrons. The fourth-order valence-electron chi connectivity index (χ4n) is 2.60. The van der Waals surface area contributed by atoms with E-state index in [-0.39, 0.29) is 16.0 Å². The number of halogens is 2. The molecule has 0 saturated carbocycles. The summed E-state index contributed by atoms with van der Waals surface area (Å²) in [5.41, 5.74) is 0. The molecular weight excluding hydrogens is 315 g/mol. The van der Waals surface area contributed by atoms with Crippen LogP contribution in [0.1, 0.15) is 19.8 Å². The van der Waals surface area contributed by atoms with E-state index in [4.69, 9.17) is 11.6 Å². The van der Waals surface area contributed by atoms with Crippen LogP contribution in [0.15, 0.2) is 23.1 Å². The average Bonchev–Trinajstić information content (AvgIpc) is 2.49. The Morgan fingerprint density at radius 3 is 2.52 bits per heavy atom. The van der Waals surface area contributed by atoms with Gasteiger partial charge in [0.05, 0.1) is 9.92 Å². The third-order valence-electron chi connectivity index (χ3n) is 4.09. The lowest BCUT2D eigenvalue weighted by molar-refractivity contribution is 0.176. The van der Waals surface area contributed by atoms with Crippen LogP contribution in [-0.4, -0.2) is 50.3 Å². The van der Waals surface area contributed by atoms with Crippen molar-refractivity contribution in [3.63, 3.8) is 0 Å². The highest BCUT2D eigenvalue weighted by Gasteiger charge is 2.30. The minimum absolute atomic E-state index is 0.0263. The lowest BCUT2D eigenvalue weighted by Gasteiger charge is -2.35. The summed E-state index contributed by atoms with van der Waals surface area (Å²) in [6.07, 6.45) is 1.61. The molecule has 2 rings (SSSR count). The van der Waals surface area contributed by atoms with Crippen molar-refractivity contribution in [1.29, 1.82) is 0 Å². The van der Waals surface area contributed by atoms with Gasteiger partial charge in [-0.2, -0.15) is 4.31 Å². The number of likely N-dealkylation sites (tertiary alicyclic amines) is 1. The Balaban J connectivity index is 2.17. The van der Waals surface area contributed by atoms with E-state index >= 15 is 0 Å². The van der Waals surface area contributed by atoms with Crippen molar-refractivity contribution in [2.45, 2.75) is 30.7 Å². The van der Waals surface area contributed by atoms with Crippen molar-refractivity contribution in [2.75, 3.05) is 26.7 Å². The van der Waals surface area contributed by atoms with Crippen LogP contribution < -0.4 is 0 Å². The summed E-state index contributed by atoms with van der Waals surface area (Å²) in [6, 6.07) is 3.49. The predicted molar refractivity (Wildman–Crippen MR) is 81.5 cm³/mol. The van der Waals surface area contributed by atoms with E-state index in [1.54, 1.807) is 7.05 Å². The lowest BCUT2D eigenvalue weighted by Crippen LogP contribution is -2.45. The number of hydrogen-bond acceptors (Lipinski definition) is 3. The quantitative estimate of drug-likeness (QED) is 0.849. The standard InChI is InChI=1S/C14H20ClFN2O2S/c1-3-18-8-6-11(7-9-18)17(2)21(19,20)12-4-5-14(16)13(15)10-12/h4-5,10-11H,3,6-9H2,1-2H3. The molecular formula is C14H20ClFN2O2S. The van der Waals surface area contributed by atoms with Crippen LogP contribution in [0.5, 0.6) is 0 Å². The Morgan fingerprint density at radius 1 is 1.38 bits per heavy atom.